The number of benzene rings is 2. The normalized spacial score (nSPS) is 13.8. The van der Waals surface area contributed by atoms with Crippen LogP contribution in [0.3, 0.4) is 0 Å². The summed E-state index contributed by atoms with van der Waals surface area (Å²) in [5, 5.41) is 0.736. The lowest BCUT2D eigenvalue weighted by molar-refractivity contribution is -0.135. The Balaban J connectivity index is 1.54. The van der Waals surface area contributed by atoms with Gasteiger partial charge in [0, 0.05) is 41.6 Å². The van der Waals surface area contributed by atoms with Gasteiger partial charge in [-0.1, -0.05) is 56.0 Å². The van der Waals surface area contributed by atoms with Gasteiger partial charge in [-0.3, -0.25) is 9.59 Å². The highest BCUT2D eigenvalue weighted by Gasteiger charge is 2.29. The molecule has 4 rings (SSSR count). The molecule has 6 nitrogen and oxygen atoms in total. The van der Waals surface area contributed by atoms with Gasteiger partial charge in [-0.25, -0.2) is 0 Å². The Labute approximate surface area is 231 Å². The number of aromatic nitrogens is 1. The largest absolute Gasteiger partial charge is 0.497 e. The van der Waals surface area contributed by atoms with Crippen molar-refractivity contribution in [2.24, 2.45) is 0 Å². The second kappa shape index (κ2) is 13.5. The van der Waals surface area contributed by atoms with E-state index in [1.54, 1.807) is 36.3 Å². The molecule has 3 aromatic rings. The first-order valence-corrected chi connectivity index (χ1v) is 14.0. The van der Waals surface area contributed by atoms with Crippen LogP contribution in [0.5, 0.6) is 5.75 Å². The van der Waals surface area contributed by atoms with Gasteiger partial charge in [-0.05, 0) is 67.3 Å². The summed E-state index contributed by atoms with van der Waals surface area (Å²) < 4.78 is 7.39. The van der Waals surface area contributed by atoms with E-state index in [9.17, 15) is 9.59 Å². The topological polar surface area (TPSA) is 54.8 Å². The number of hydrogen-bond acceptors (Lipinski definition) is 3. The van der Waals surface area contributed by atoms with Crippen LogP contribution in [0.15, 0.2) is 66.9 Å². The molecule has 0 bridgehead atoms. The molecule has 38 heavy (non-hydrogen) atoms. The zero-order valence-electron chi connectivity index (χ0n) is 22.4. The molecule has 7 heteroatoms. The quantitative estimate of drug-likeness (QED) is 0.285. The van der Waals surface area contributed by atoms with Crippen molar-refractivity contribution in [2.75, 3.05) is 20.2 Å². The zero-order valence-corrected chi connectivity index (χ0v) is 23.2. The summed E-state index contributed by atoms with van der Waals surface area (Å²) in [5.74, 6) is 0.564. The van der Waals surface area contributed by atoms with Crippen LogP contribution in [0.2, 0.25) is 5.02 Å². The minimum atomic E-state index is -0.131. The van der Waals surface area contributed by atoms with E-state index in [0.717, 1.165) is 48.4 Å². The number of carbonyl (C=O) groups is 2. The highest BCUT2D eigenvalue weighted by molar-refractivity contribution is 6.31. The molecule has 1 heterocycles. The minimum Gasteiger partial charge on any atom is -0.497 e. The van der Waals surface area contributed by atoms with E-state index in [-0.39, 0.29) is 24.4 Å². The highest BCUT2D eigenvalue weighted by Crippen LogP contribution is 2.26. The van der Waals surface area contributed by atoms with Crippen molar-refractivity contribution in [3.8, 4) is 5.75 Å². The molecule has 0 N–H and O–H groups in total. The van der Waals surface area contributed by atoms with Gasteiger partial charge in [0.15, 0.2) is 0 Å². The number of ether oxygens (including phenoxy) is 1. The first-order valence-electron chi connectivity index (χ1n) is 13.6. The second-order valence-corrected chi connectivity index (χ2v) is 10.4. The lowest BCUT2D eigenvalue weighted by Crippen LogP contribution is -2.47. The fraction of sp³-hybridized carbons (Fsp3) is 0.419. The van der Waals surface area contributed by atoms with Gasteiger partial charge in [0.1, 0.15) is 12.3 Å². The van der Waals surface area contributed by atoms with E-state index in [1.165, 1.54) is 6.42 Å². The molecule has 2 aromatic carbocycles. The molecule has 1 saturated carbocycles. The molecule has 0 aliphatic heterocycles. The van der Waals surface area contributed by atoms with Crippen molar-refractivity contribution in [1.29, 1.82) is 0 Å². The molecular weight excluding hydrogens is 498 g/mol. The van der Waals surface area contributed by atoms with Gasteiger partial charge in [-0.2, -0.15) is 0 Å². The summed E-state index contributed by atoms with van der Waals surface area (Å²) >= 11 is 6.43. The van der Waals surface area contributed by atoms with Crippen LogP contribution in [-0.4, -0.2) is 52.4 Å². The third kappa shape index (κ3) is 6.98. The van der Waals surface area contributed by atoms with Crippen molar-refractivity contribution in [1.82, 2.24) is 14.4 Å². The van der Waals surface area contributed by atoms with E-state index in [2.05, 4.69) is 10.6 Å². The minimum absolute atomic E-state index is 0.00212. The summed E-state index contributed by atoms with van der Waals surface area (Å²) in [6.07, 6.45) is 8.27. The molecule has 0 radical (unpaired) electrons. The maximum absolute atomic E-state index is 13.9. The van der Waals surface area contributed by atoms with Crippen LogP contribution in [0.1, 0.15) is 67.1 Å². The van der Waals surface area contributed by atoms with Crippen LogP contribution in [0.4, 0.5) is 0 Å². The van der Waals surface area contributed by atoms with E-state index >= 15 is 0 Å². The van der Waals surface area contributed by atoms with Gasteiger partial charge < -0.3 is 19.1 Å². The maximum atomic E-state index is 13.9. The molecule has 1 aliphatic carbocycles. The average molecular weight is 536 g/mol. The first-order chi connectivity index (χ1) is 18.5. The van der Waals surface area contributed by atoms with E-state index in [0.29, 0.717) is 30.9 Å². The molecule has 1 aliphatic rings. The summed E-state index contributed by atoms with van der Waals surface area (Å²) in [4.78, 5) is 31.0. The summed E-state index contributed by atoms with van der Waals surface area (Å²) in [6.45, 7) is 3.78. The van der Waals surface area contributed by atoms with Crippen molar-refractivity contribution in [2.45, 2.75) is 64.6 Å². The Morgan fingerprint density at radius 3 is 2.42 bits per heavy atom. The molecule has 0 atom stereocenters. The van der Waals surface area contributed by atoms with Gasteiger partial charge in [0.05, 0.1) is 13.7 Å². The van der Waals surface area contributed by atoms with Crippen LogP contribution in [-0.2, 0) is 17.9 Å². The molecule has 2 amide bonds. The van der Waals surface area contributed by atoms with Gasteiger partial charge in [-0.15, -0.1) is 0 Å². The summed E-state index contributed by atoms with van der Waals surface area (Å²) in [6, 6.07) is 19.2. The lowest BCUT2D eigenvalue weighted by atomic mass is 9.94. The zero-order chi connectivity index (χ0) is 26.9. The fourth-order valence-electron chi connectivity index (χ4n) is 5.24. The predicted octanol–water partition coefficient (Wildman–Crippen LogP) is 6.41. The second-order valence-electron chi connectivity index (χ2n) is 9.99. The fourth-order valence-corrected chi connectivity index (χ4v) is 5.43. The smallest absolute Gasteiger partial charge is 0.254 e. The highest BCUT2D eigenvalue weighted by atomic mass is 35.5. The van der Waals surface area contributed by atoms with Crippen LogP contribution < -0.4 is 4.74 Å². The van der Waals surface area contributed by atoms with E-state index < -0.39 is 0 Å². The number of nitrogens with zero attached hydrogens (tertiary/aromatic N) is 3. The average Bonchev–Trinajstić information content (AvgIpc) is 3.39. The van der Waals surface area contributed by atoms with Gasteiger partial charge in [0.2, 0.25) is 5.91 Å². The number of amides is 2. The van der Waals surface area contributed by atoms with E-state index in [1.807, 2.05) is 48.4 Å². The first kappa shape index (κ1) is 27.8. The van der Waals surface area contributed by atoms with Crippen LogP contribution in [0, 0.1) is 0 Å². The molecule has 1 fully saturated rings. The number of halogens is 1. The third-order valence-corrected chi connectivity index (χ3v) is 7.70. The standard InChI is InChI=1S/C31H38ClN3O3/c1-3-19-34(31(37)24-15-17-28(38-2)18-16-24)23-30(36)35(26-11-5-4-6-12-26)22-27-13-9-20-33(27)21-25-10-7-8-14-29(25)32/h7-10,13-18,20,26H,3-6,11-12,19,21-23H2,1-2H3. The number of methoxy groups -OCH3 is 1. The van der Waals surface area contributed by atoms with Crippen molar-refractivity contribution in [3.05, 3.63) is 88.7 Å². The molecule has 0 saturated heterocycles. The number of hydrogen-bond donors (Lipinski definition) is 0. The van der Waals surface area contributed by atoms with Crippen LogP contribution in [0.25, 0.3) is 0 Å². The van der Waals surface area contributed by atoms with Crippen LogP contribution >= 0.6 is 11.6 Å². The number of carbonyl (C=O) groups excluding carboxylic acids is 2. The maximum Gasteiger partial charge on any atom is 0.254 e. The number of rotatable bonds is 11. The van der Waals surface area contributed by atoms with E-state index in [4.69, 9.17) is 16.3 Å². The van der Waals surface area contributed by atoms with Gasteiger partial charge >= 0.3 is 0 Å². The molecule has 0 unspecified atom stereocenters. The molecule has 202 valence electrons. The van der Waals surface area contributed by atoms with Crippen molar-refractivity contribution < 1.29 is 14.3 Å². The summed E-state index contributed by atoms with van der Waals surface area (Å²) in [7, 11) is 1.60. The molecular formula is C31H38ClN3O3. The molecule has 0 spiro atoms. The SMILES string of the molecule is CCCN(CC(=O)N(Cc1cccn1Cc1ccccc1Cl)C1CCCCC1)C(=O)c1ccc(OC)cc1. The lowest BCUT2D eigenvalue weighted by Gasteiger charge is -2.36. The third-order valence-electron chi connectivity index (χ3n) is 7.33. The molecule has 1 aromatic heterocycles. The Kier molecular flexibility index (Phi) is 9.88. The van der Waals surface area contributed by atoms with Crippen molar-refractivity contribution in [3.63, 3.8) is 0 Å². The Bertz CT molecular complexity index is 1200. The van der Waals surface area contributed by atoms with Gasteiger partial charge in [0.25, 0.3) is 5.91 Å². The Morgan fingerprint density at radius 2 is 1.74 bits per heavy atom. The Hall–Kier alpha value is -3.25. The predicted molar refractivity (Wildman–Crippen MR) is 152 cm³/mol. The Morgan fingerprint density at radius 1 is 1.00 bits per heavy atom. The van der Waals surface area contributed by atoms with Crippen molar-refractivity contribution >= 4 is 23.4 Å². The summed E-state index contributed by atoms with van der Waals surface area (Å²) in [5.41, 5.74) is 2.67. The monoisotopic (exact) mass is 535 g/mol.